The van der Waals surface area contributed by atoms with E-state index in [2.05, 4.69) is 62.5 Å². The van der Waals surface area contributed by atoms with Gasteiger partial charge in [0.1, 0.15) is 31.0 Å². The number of aliphatic hydroxyl groups excluding tert-OH is 4. The summed E-state index contributed by atoms with van der Waals surface area (Å²) in [6, 6.07) is 0. The number of allylic oxidation sites excluding steroid dienone is 8. The van der Waals surface area contributed by atoms with Gasteiger partial charge in [-0.25, -0.2) is 0 Å². The second kappa shape index (κ2) is 38.8. The molecule has 0 saturated carbocycles. The van der Waals surface area contributed by atoms with Gasteiger partial charge in [0.25, 0.3) is 0 Å². The molecule has 1 aliphatic rings. The summed E-state index contributed by atoms with van der Waals surface area (Å²) in [7, 11) is 0. The van der Waals surface area contributed by atoms with Crippen LogP contribution in [-0.2, 0) is 28.5 Å². The van der Waals surface area contributed by atoms with Gasteiger partial charge in [-0.05, 0) is 51.4 Å². The molecule has 0 aromatic rings. The lowest BCUT2D eigenvalue weighted by Crippen LogP contribution is -2.59. The molecule has 0 aromatic heterocycles. The zero-order valence-corrected chi connectivity index (χ0v) is 36.5. The third-order valence-corrected chi connectivity index (χ3v) is 10.5. The van der Waals surface area contributed by atoms with Crippen molar-refractivity contribution < 1.29 is 49.0 Å². The van der Waals surface area contributed by atoms with Gasteiger partial charge < -0.3 is 39.4 Å². The SMILES string of the molecule is CC/C=C\C/C=C\C/C=C\C/C=C\CCCCC(=O)OC(COC(=O)CCCCCCCCCCCCCCCCCCCC)COC1OC(CO)C(O)C(O)C1O. The molecule has 1 rings (SSSR count). The van der Waals surface area contributed by atoms with E-state index in [4.69, 9.17) is 18.9 Å². The maximum absolute atomic E-state index is 12.8. The predicted octanol–water partition coefficient (Wildman–Crippen LogP) is 10.1. The van der Waals surface area contributed by atoms with Crippen molar-refractivity contribution in [1.82, 2.24) is 0 Å². The number of carbonyl (C=O) groups excluding carboxylic acids is 2. The van der Waals surface area contributed by atoms with Gasteiger partial charge in [0.05, 0.1) is 13.2 Å². The van der Waals surface area contributed by atoms with Gasteiger partial charge in [0.2, 0.25) is 0 Å². The number of hydrogen-bond donors (Lipinski definition) is 4. The van der Waals surface area contributed by atoms with Gasteiger partial charge in [-0.15, -0.1) is 0 Å². The molecule has 0 aromatic carbocycles. The van der Waals surface area contributed by atoms with E-state index in [9.17, 15) is 30.0 Å². The van der Waals surface area contributed by atoms with Crippen LogP contribution in [0.15, 0.2) is 48.6 Å². The minimum absolute atomic E-state index is 0.178. The van der Waals surface area contributed by atoms with Crippen molar-refractivity contribution in [1.29, 1.82) is 0 Å². The van der Waals surface area contributed by atoms with Gasteiger partial charge in [0.15, 0.2) is 12.4 Å². The summed E-state index contributed by atoms with van der Waals surface area (Å²) in [4.78, 5) is 25.3. The Hall–Kier alpha value is -2.34. The summed E-state index contributed by atoms with van der Waals surface area (Å²) in [6.45, 7) is 3.28. The van der Waals surface area contributed by atoms with E-state index in [1.165, 1.54) is 96.3 Å². The highest BCUT2D eigenvalue weighted by Crippen LogP contribution is 2.23. The lowest BCUT2D eigenvalue weighted by atomic mass is 9.99. The van der Waals surface area contributed by atoms with E-state index >= 15 is 0 Å². The lowest BCUT2D eigenvalue weighted by molar-refractivity contribution is -0.305. The molecule has 0 spiro atoms. The van der Waals surface area contributed by atoms with Crippen LogP contribution in [0.3, 0.4) is 0 Å². The number of ether oxygens (including phenoxy) is 4. The van der Waals surface area contributed by atoms with Crippen molar-refractivity contribution in [3.63, 3.8) is 0 Å². The van der Waals surface area contributed by atoms with Crippen LogP contribution in [0.5, 0.6) is 0 Å². The quantitative estimate of drug-likeness (QED) is 0.0269. The fourth-order valence-electron chi connectivity index (χ4n) is 6.83. The number of aliphatic hydroxyl groups is 4. The summed E-state index contributed by atoms with van der Waals surface area (Å²) < 4.78 is 22.1. The molecular formula is C48H84O10. The molecule has 1 saturated heterocycles. The maximum Gasteiger partial charge on any atom is 0.306 e. The third kappa shape index (κ3) is 29.8. The van der Waals surface area contributed by atoms with Crippen LogP contribution in [0.4, 0.5) is 0 Å². The second-order valence-electron chi connectivity index (χ2n) is 15.8. The predicted molar refractivity (Wildman–Crippen MR) is 233 cm³/mol. The van der Waals surface area contributed by atoms with Crippen LogP contribution in [0.1, 0.15) is 187 Å². The van der Waals surface area contributed by atoms with Crippen molar-refractivity contribution in [2.75, 3.05) is 19.8 Å². The molecule has 336 valence electrons. The van der Waals surface area contributed by atoms with Gasteiger partial charge in [0, 0.05) is 12.8 Å². The Morgan fingerprint density at radius 3 is 1.53 bits per heavy atom. The lowest BCUT2D eigenvalue weighted by Gasteiger charge is -2.39. The van der Waals surface area contributed by atoms with Gasteiger partial charge in [-0.1, -0.05) is 172 Å². The molecule has 58 heavy (non-hydrogen) atoms. The van der Waals surface area contributed by atoms with Gasteiger partial charge >= 0.3 is 11.9 Å². The fourth-order valence-corrected chi connectivity index (χ4v) is 6.83. The van der Waals surface area contributed by atoms with E-state index in [0.29, 0.717) is 6.42 Å². The molecule has 6 atom stereocenters. The first-order chi connectivity index (χ1) is 28.3. The van der Waals surface area contributed by atoms with Crippen LogP contribution < -0.4 is 0 Å². The van der Waals surface area contributed by atoms with Crippen molar-refractivity contribution in [3.8, 4) is 0 Å². The Labute approximate surface area is 352 Å². The van der Waals surface area contributed by atoms with E-state index < -0.39 is 49.4 Å². The van der Waals surface area contributed by atoms with Crippen LogP contribution >= 0.6 is 0 Å². The molecule has 0 bridgehead atoms. The van der Waals surface area contributed by atoms with E-state index in [-0.39, 0.29) is 32.0 Å². The Morgan fingerprint density at radius 2 is 1.02 bits per heavy atom. The monoisotopic (exact) mass is 821 g/mol. The Morgan fingerprint density at radius 1 is 0.552 bits per heavy atom. The summed E-state index contributed by atoms with van der Waals surface area (Å²) in [5, 5.41) is 40.1. The summed E-state index contributed by atoms with van der Waals surface area (Å²) in [5.74, 6) is -0.851. The van der Waals surface area contributed by atoms with Crippen LogP contribution in [0, 0.1) is 0 Å². The summed E-state index contributed by atoms with van der Waals surface area (Å²) in [5.41, 5.74) is 0. The minimum Gasteiger partial charge on any atom is -0.462 e. The highest BCUT2D eigenvalue weighted by Gasteiger charge is 2.44. The number of rotatable bonds is 38. The van der Waals surface area contributed by atoms with Crippen molar-refractivity contribution >= 4 is 11.9 Å². The molecular weight excluding hydrogens is 737 g/mol. The smallest absolute Gasteiger partial charge is 0.306 e. The highest BCUT2D eigenvalue weighted by molar-refractivity contribution is 5.70. The zero-order valence-electron chi connectivity index (χ0n) is 36.5. The highest BCUT2D eigenvalue weighted by atomic mass is 16.7. The molecule has 0 amide bonds. The minimum atomic E-state index is -1.60. The molecule has 1 aliphatic heterocycles. The van der Waals surface area contributed by atoms with E-state index in [0.717, 1.165) is 57.8 Å². The summed E-state index contributed by atoms with van der Waals surface area (Å²) >= 11 is 0. The first-order valence-corrected chi connectivity index (χ1v) is 23.2. The number of esters is 2. The van der Waals surface area contributed by atoms with Crippen molar-refractivity contribution in [3.05, 3.63) is 48.6 Å². The molecule has 1 fully saturated rings. The molecule has 10 heteroatoms. The van der Waals surface area contributed by atoms with Crippen molar-refractivity contribution in [2.45, 2.75) is 224 Å². The Balaban J connectivity index is 2.33. The topological polar surface area (TPSA) is 152 Å². The van der Waals surface area contributed by atoms with Gasteiger partial charge in [-0.3, -0.25) is 9.59 Å². The van der Waals surface area contributed by atoms with E-state index in [1.54, 1.807) is 0 Å². The average molecular weight is 821 g/mol. The standard InChI is InChI=1S/C48H84O10/c1-3-5-7-9-11-13-15-17-19-20-21-23-24-26-28-30-32-34-36-43(50)55-39-41(40-56-48-47(54)46(53)45(52)42(38-49)58-48)57-44(51)37-35-33-31-29-27-25-22-18-16-14-12-10-8-6-4-2/h6,8,12,14,18,22,27,29,41-42,45-49,52-54H,3-5,7,9-11,13,15-17,19-21,23-26,28,30-40H2,1-2H3/b8-6-,14-12-,22-18-,29-27-. The second-order valence-corrected chi connectivity index (χ2v) is 15.8. The molecule has 0 aliphatic carbocycles. The third-order valence-electron chi connectivity index (χ3n) is 10.5. The molecule has 0 radical (unpaired) electrons. The van der Waals surface area contributed by atoms with E-state index in [1.807, 2.05) is 0 Å². The molecule has 6 unspecified atom stereocenters. The number of unbranched alkanes of at least 4 members (excludes halogenated alkanes) is 19. The van der Waals surface area contributed by atoms with Crippen LogP contribution in [0.25, 0.3) is 0 Å². The normalized spacial score (nSPS) is 20.6. The van der Waals surface area contributed by atoms with Crippen LogP contribution in [0.2, 0.25) is 0 Å². The first-order valence-electron chi connectivity index (χ1n) is 23.2. The van der Waals surface area contributed by atoms with Gasteiger partial charge in [-0.2, -0.15) is 0 Å². The number of hydrogen-bond acceptors (Lipinski definition) is 10. The molecule has 1 heterocycles. The zero-order chi connectivity index (χ0) is 42.3. The fraction of sp³-hybridized carbons (Fsp3) is 0.792. The Bertz CT molecular complexity index is 1090. The number of carbonyl (C=O) groups is 2. The molecule has 4 N–H and O–H groups in total. The van der Waals surface area contributed by atoms with Crippen LogP contribution in [-0.4, -0.2) is 89.0 Å². The maximum atomic E-state index is 12.8. The largest absolute Gasteiger partial charge is 0.462 e. The summed E-state index contributed by atoms with van der Waals surface area (Å²) in [6.07, 6.45) is 38.4. The van der Waals surface area contributed by atoms with Crippen molar-refractivity contribution in [2.24, 2.45) is 0 Å². The first kappa shape index (κ1) is 53.7. The Kier molecular flexibility index (Phi) is 35.9. The molecule has 10 nitrogen and oxygen atoms in total. The average Bonchev–Trinajstić information content (AvgIpc) is 3.22.